The van der Waals surface area contributed by atoms with Crippen LogP contribution in [0, 0.1) is 21.4 Å². The van der Waals surface area contributed by atoms with E-state index < -0.39 is 4.92 Å². The lowest BCUT2D eigenvalue weighted by molar-refractivity contribution is -0.385. The molecule has 116 valence electrons. The predicted octanol–water partition coefficient (Wildman–Crippen LogP) is 0.156. The molecule has 1 aromatic heterocycles. The number of ether oxygens (including phenoxy) is 1. The van der Waals surface area contributed by atoms with Crippen LogP contribution < -0.4 is 4.90 Å². The summed E-state index contributed by atoms with van der Waals surface area (Å²) in [5.74, 6) is 0.258. The maximum atomic E-state index is 12.1. The Morgan fingerprint density at radius 2 is 2.23 bits per heavy atom. The van der Waals surface area contributed by atoms with E-state index in [2.05, 4.69) is 4.98 Å². The number of carbonyl (C=O) groups excluding carboxylic acids is 1. The van der Waals surface area contributed by atoms with Gasteiger partial charge in [0.05, 0.1) is 24.7 Å². The molecule has 22 heavy (non-hydrogen) atoms. The zero-order valence-electron chi connectivity index (χ0n) is 12.1. The van der Waals surface area contributed by atoms with Crippen LogP contribution in [-0.4, -0.2) is 60.6 Å². The van der Waals surface area contributed by atoms with E-state index in [1.807, 2.05) is 0 Å². The Labute approximate surface area is 126 Å². The van der Waals surface area contributed by atoms with Crippen molar-refractivity contribution in [3.8, 4) is 6.07 Å². The average Bonchev–Trinajstić information content (AvgIpc) is 2.54. The molecule has 0 spiro atoms. The lowest BCUT2D eigenvalue weighted by atomic mass is 10.3. The van der Waals surface area contributed by atoms with Crippen LogP contribution in [0.15, 0.2) is 12.1 Å². The molecule has 0 aliphatic carbocycles. The number of nitrogens with zero attached hydrogens (tertiary/aromatic N) is 5. The fourth-order valence-electron chi connectivity index (χ4n) is 2.08. The molecule has 1 amide bonds. The van der Waals surface area contributed by atoms with Crippen molar-refractivity contribution in [2.45, 2.75) is 0 Å². The summed E-state index contributed by atoms with van der Waals surface area (Å²) in [6.45, 7) is 2.21. The third kappa shape index (κ3) is 3.48. The van der Waals surface area contributed by atoms with Gasteiger partial charge in [0.2, 0.25) is 11.6 Å². The number of pyridine rings is 1. The molecule has 1 fully saturated rings. The molecular formula is C13H15N5O4. The summed E-state index contributed by atoms with van der Waals surface area (Å²) >= 11 is 0. The van der Waals surface area contributed by atoms with Crippen LogP contribution in [0.3, 0.4) is 0 Å². The second kappa shape index (κ2) is 6.82. The molecule has 1 saturated heterocycles. The van der Waals surface area contributed by atoms with E-state index in [1.165, 1.54) is 12.1 Å². The highest BCUT2D eigenvalue weighted by Crippen LogP contribution is 2.20. The Balaban J connectivity index is 2.09. The van der Waals surface area contributed by atoms with Gasteiger partial charge in [-0.15, -0.1) is 0 Å². The van der Waals surface area contributed by atoms with E-state index in [0.717, 1.165) is 0 Å². The predicted molar refractivity (Wildman–Crippen MR) is 76.3 cm³/mol. The first-order valence-electron chi connectivity index (χ1n) is 6.65. The molecule has 1 aromatic rings. The molecule has 0 atom stereocenters. The zero-order valence-corrected chi connectivity index (χ0v) is 12.1. The van der Waals surface area contributed by atoms with Crippen molar-refractivity contribution in [2.75, 3.05) is 44.8 Å². The first kappa shape index (κ1) is 15.7. The summed E-state index contributed by atoms with van der Waals surface area (Å²) in [5, 5.41) is 19.7. The van der Waals surface area contributed by atoms with Crippen LogP contribution in [0.25, 0.3) is 0 Å². The number of anilines is 1. The van der Waals surface area contributed by atoms with Gasteiger partial charge in [0.25, 0.3) is 0 Å². The van der Waals surface area contributed by atoms with Gasteiger partial charge in [0.1, 0.15) is 11.9 Å². The Kier molecular flexibility index (Phi) is 4.85. The highest BCUT2D eigenvalue weighted by molar-refractivity contribution is 5.81. The van der Waals surface area contributed by atoms with Crippen LogP contribution in [0.4, 0.5) is 11.5 Å². The lowest BCUT2D eigenvalue weighted by Gasteiger charge is -2.29. The smallest absolute Gasteiger partial charge is 0.305 e. The average molecular weight is 305 g/mol. The highest BCUT2D eigenvalue weighted by Gasteiger charge is 2.21. The number of hydrogen-bond acceptors (Lipinski definition) is 7. The Morgan fingerprint density at radius 1 is 1.55 bits per heavy atom. The summed E-state index contributed by atoms with van der Waals surface area (Å²) in [6, 6.07) is 4.34. The largest absolute Gasteiger partial charge is 0.378 e. The van der Waals surface area contributed by atoms with Crippen molar-refractivity contribution in [1.82, 2.24) is 9.88 Å². The minimum atomic E-state index is -0.659. The molecule has 1 aliphatic heterocycles. The van der Waals surface area contributed by atoms with Crippen LogP contribution >= 0.6 is 0 Å². The Bertz CT molecular complexity index is 621. The number of rotatable bonds is 4. The van der Waals surface area contributed by atoms with E-state index in [9.17, 15) is 14.9 Å². The van der Waals surface area contributed by atoms with Gasteiger partial charge < -0.3 is 14.5 Å². The number of amides is 1. The van der Waals surface area contributed by atoms with Crippen molar-refractivity contribution in [2.24, 2.45) is 0 Å². The molecule has 0 bridgehead atoms. The van der Waals surface area contributed by atoms with E-state index in [0.29, 0.717) is 32.1 Å². The molecule has 1 aliphatic rings. The molecule has 0 radical (unpaired) electrons. The summed E-state index contributed by atoms with van der Waals surface area (Å²) in [4.78, 5) is 29.4. The number of aromatic nitrogens is 1. The van der Waals surface area contributed by atoms with Crippen LogP contribution in [-0.2, 0) is 9.53 Å². The van der Waals surface area contributed by atoms with Gasteiger partial charge in [-0.1, -0.05) is 0 Å². The molecule has 0 aromatic carbocycles. The first-order chi connectivity index (χ1) is 10.5. The number of hydrogen-bond donors (Lipinski definition) is 0. The van der Waals surface area contributed by atoms with Gasteiger partial charge >= 0.3 is 5.69 Å². The van der Waals surface area contributed by atoms with Crippen LogP contribution in [0.1, 0.15) is 5.69 Å². The molecule has 0 unspecified atom stereocenters. The van der Waals surface area contributed by atoms with E-state index in [4.69, 9.17) is 10.00 Å². The maximum Gasteiger partial charge on any atom is 0.305 e. The van der Waals surface area contributed by atoms with Crippen molar-refractivity contribution in [3.05, 3.63) is 27.9 Å². The molecule has 0 saturated carbocycles. The second-order valence-electron chi connectivity index (χ2n) is 4.76. The van der Waals surface area contributed by atoms with Gasteiger partial charge in [-0.25, -0.2) is 4.98 Å². The normalized spacial score (nSPS) is 14.3. The van der Waals surface area contributed by atoms with E-state index in [1.54, 1.807) is 22.9 Å². The van der Waals surface area contributed by atoms with Crippen LogP contribution in [0.2, 0.25) is 0 Å². The molecule has 9 heteroatoms. The van der Waals surface area contributed by atoms with Crippen molar-refractivity contribution >= 4 is 17.4 Å². The first-order valence-corrected chi connectivity index (χ1v) is 6.65. The Hall–Kier alpha value is -2.73. The lowest BCUT2D eigenvalue weighted by Crippen LogP contribution is -2.45. The minimum absolute atomic E-state index is 0.0790. The van der Waals surface area contributed by atoms with Gasteiger partial charge in [0.15, 0.2) is 0 Å². The summed E-state index contributed by atoms with van der Waals surface area (Å²) in [7, 11) is 1.65. The molecular weight excluding hydrogens is 290 g/mol. The van der Waals surface area contributed by atoms with Crippen LogP contribution in [0.5, 0.6) is 0 Å². The monoisotopic (exact) mass is 305 g/mol. The number of morpholine rings is 1. The standard InChI is InChI=1S/C13H15N5O4/c1-16(9-13(19)17-4-6-22-7-5-17)12-3-2-11(18(20)21)10(8-14)15-12/h2-3H,4-7,9H2,1H3. The third-order valence-electron chi connectivity index (χ3n) is 3.29. The zero-order chi connectivity index (χ0) is 16.1. The van der Waals surface area contributed by atoms with E-state index >= 15 is 0 Å². The molecule has 9 nitrogen and oxygen atoms in total. The van der Waals surface area contributed by atoms with Gasteiger partial charge in [-0.05, 0) is 6.07 Å². The second-order valence-corrected chi connectivity index (χ2v) is 4.76. The number of nitro groups is 1. The van der Waals surface area contributed by atoms with Crippen molar-refractivity contribution < 1.29 is 14.5 Å². The third-order valence-corrected chi connectivity index (χ3v) is 3.29. The fraction of sp³-hybridized carbons (Fsp3) is 0.462. The number of carbonyl (C=O) groups is 1. The summed E-state index contributed by atoms with van der Waals surface area (Å²) < 4.78 is 5.19. The fourth-order valence-corrected chi connectivity index (χ4v) is 2.08. The topological polar surface area (TPSA) is 113 Å². The molecule has 2 heterocycles. The molecule has 2 rings (SSSR count). The van der Waals surface area contributed by atoms with Gasteiger partial charge in [0, 0.05) is 26.2 Å². The Morgan fingerprint density at radius 3 is 2.82 bits per heavy atom. The number of likely N-dealkylation sites (N-methyl/N-ethyl adjacent to an activating group) is 1. The van der Waals surface area contributed by atoms with Crippen molar-refractivity contribution in [1.29, 1.82) is 5.26 Å². The quantitative estimate of drug-likeness (QED) is 0.575. The summed E-state index contributed by atoms with van der Waals surface area (Å²) in [6.07, 6.45) is 0. The van der Waals surface area contributed by atoms with Crippen molar-refractivity contribution in [3.63, 3.8) is 0 Å². The minimum Gasteiger partial charge on any atom is -0.378 e. The van der Waals surface area contributed by atoms with Gasteiger partial charge in [-0.3, -0.25) is 14.9 Å². The van der Waals surface area contributed by atoms with E-state index in [-0.39, 0.29) is 23.8 Å². The maximum absolute atomic E-state index is 12.1. The van der Waals surface area contributed by atoms with Gasteiger partial charge in [-0.2, -0.15) is 5.26 Å². The molecule has 0 N–H and O–H groups in total. The number of nitriles is 1. The SMILES string of the molecule is CN(CC(=O)N1CCOCC1)c1ccc([N+](=O)[O-])c(C#N)n1. The highest BCUT2D eigenvalue weighted by atomic mass is 16.6. The summed E-state index contributed by atoms with van der Waals surface area (Å²) in [5.41, 5.74) is -0.618.